The second-order valence-electron chi connectivity index (χ2n) is 9.21. The van der Waals surface area contributed by atoms with Gasteiger partial charge in [0, 0.05) is 25.3 Å². The fraction of sp³-hybridized carbons (Fsp3) is 0.300. The zero-order valence-electron chi connectivity index (χ0n) is 23.0. The van der Waals surface area contributed by atoms with Crippen molar-refractivity contribution >= 4 is 25.5 Å². The van der Waals surface area contributed by atoms with Crippen LogP contribution >= 0.6 is 7.82 Å². The van der Waals surface area contributed by atoms with E-state index in [1.165, 1.54) is 18.2 Å². The number of aryl methyl sites for hydroxylation is 3. The molecule has 0 heterocycles. The van der Waals surface area contributed by atoms with Crippen molar-refractivity contribution in [3.63, 3.8) is 0 Å². The largest absolute Gasteiger partial charge is 0.584 e. The molecular weight excluding hydrogens is 535 g/mol. The zero-order valence-corrected chi connectivity index (χ0v) is 23.9. The number of esters is 2. The molecule has 0 fully saturated rings. The Morgan fingerprint density at radius 1 is 0.750 bits per heavy atom. The predicted octanol–water partition coefficient (Wildman–Crippen LogP) is 6.70. The first-order valence-corrected chi connectivity index (χ1v) is 14.5. The van der Waals surface area contributed by atoms with Crippen molar-refractivity contribution in [1.29, 1.82) is 0 Å². The monoisotopic (exact) mass is 568 g/mol. The third-order valence-corrected chi connectivity index (χ3v) is 6.60. The van der Waals surface area contributed by atoms with Gasteiger partial charge in [0.2, 0.25) is 0 Å². The van der Waals surface area contributed by atoms with E-state index in [4.69, 9.17) is 18.5 Å². The second-order valence-corrected chi connectivity index (χ2v) is 10.5. The van der Waals surface area contributed by atoms with Crippen LogP contribution in [0.4, 0.5) is 0 Å². The third-order valence-electron chi connectivity index (χ3n) is 5.72. The number of carbonyl (C=O) groups excluding carboxylic acids is 3. The highest BCUT2D eigenvalue weighted by Gasteiger charge is 2.25. The highest BCUT2D eigenvalue weighted by Crippen LogP contribution is 2.44. The summed E-state index contributed by atoms with van der Waals surface area (Å²) in [5.41, 5.74) is 2.91. The molecule has 0 amide bonds. The Labute approximate surface area is 233 Å². The van der Waals surface area contributed by atoms with E-state index in [1.807, 2.05) is 19.9 Å². The predicted molar refractivity (Wildman–Crippen MR) is 149 cm³/mol. The lowest BCUT2D eigenvalue weighted by atomic mass is 10.0. The molecule has 3 aromatic carbocycles. The standard InChI is InChI=1S/C30H33O9P/c1-5-29(32)36-24-14-15-26(28(19-24)37-30(33)6-2)27(31)9-7-8-22-10-12-23(13-11-22)38-40(34,35)39-25-17-20(3)16-21(4)18-25/h10-19H,5-9H2,1-4H3,(H,34,35). The molecule has 0 saturated carbocycles. The minimum Gasteiger partial charge on any atom is -0.426 e. The van der Waals surface area contributed by atoms with Gasteiger partial charge in [0.05, 0.1) is 5.56 Å². The molecule has 9 nitrogen and oxygen atoms in total. The Kier molecular flexibility index (Phi) is 10.6. The second kappa shape index (κ2) is 13.9. The lowest BCUT2D eigenvalue weighted by Gasteiger charge is -2.15. The molecule has 0 radical (unpaired) electrons. The van der Waals surface area contributed by atoms with Crippen LogP contribution in [-0.4, -0.2) is 22.6 Å². The number of phosphoric ester groups is 1. The molecule has 10 heteroatoms. The number of Topliss-reactive ketones (excluding diaryl/α,β-unsaturated/α-hetero) is 1. The maximum absolute atomic E-state index is 12.9. The number of ketones is 1. The van der Waals surface area contributed by atoms with Crippen molar-refractivity contribution < 1.29 is 42.4 Å². The quantitative estimate of drug-likeness (QED) is 0.104. The Hall–Kier alpha value is -3.94. The SMILES string of the molecule is CCC(=O)Oc1ccc(C(=O)CCCc2ccc(OP(=O)(O)Oc3cc(C)cc(C)c3)cc2)c(OC(=O)CC)c1. The molecule has 1 unspecified atom stereocenters. The summed E-state index contributed by atoms with van der Waals surface area (Å²) in [5, 5.41) is 0. The van der Waals surface area contributed by atoms with Crippen LogP contribution < -0.4 is 18.5 Å². The van der Waals surface area contributed by atoms with Crippen LogP contribution in [0.3, 0.4) is 0 Å². The van der Waals surface area contributed by atoms with Crippen LogP contribution in [0.15, 0.2) is 60.7 Å². The summed E-state index contributed by atoms with van der Waals surface area (Å²) in [5.74, 6) is -0.527. The molecule has 1 atom stereocenters. The molecule has 3 aromatic rings. The molecule has 0 aliphatic heterocycles. The Balaban J connectivity index is 1.58. The van der Waals surface area contributed by atoms with Gasteiger partial charge in [-0.05, 0) is 79.8 Å². The fourth-order valence-corrected chi connectivity index (χ4v) is 4.65. The van der Waals surface area contributed by atoms with Crippen LogP contribution in [0.25, 0.3) is 0 Å². The smallest absolute Gasteiger partial charge is 0.426 e. The molecule has 212 valence electrons. The van der Waals surface area contributed by atoms with E-state index < -0.39 is 19.8 Å². The summed E-state index contributed by atoms with van der Waals surface area (Å²) in [7, 11) is -4.40. The van der Waals surface area contributed by atoms with Crippen LogP contribution in [-0.2, 0) is 20.6 Å². The van der Waals surface area contributed by atoms with Gasteiger partial charge in [-0.25, -0.2) is 4.57 Å². The minimum atomic E-state index is -4.40. The molecule has 0 saturated heterocycles. The lowest BCUT2D eigenvalue weighted by Crippen LogP contribution is -2.11. The van der Waals surface area contributed by atoms with E-state index >= 15 is 0 Å². The van der Waals surface area contributed by atoms with E-state index in [0.717, 1.165) is 16.7 Å². The molecule has 0 aromatic heterocycles. The van der Waals surface area contributed by atoms with Crippen molar-refractivity contribution in [3.8, 4) is 23.0 Å². The Morgan fingerprint density at radius 2 is 1.32 bits per heavy atom. The molecule has 3 rings (SSSR count). The summed E-state index contributed by atoms with van der Waals surface area (Å²) in [4.78, 5) is 46.6. The number of hydrogen-bond acceptors (Lipinski definition) is 8. The average Bonchev–Trinajstić information content (AvgIpc) is 2.88. The number of carbonyl (C=O) groups is 3. The summed E-state index contributed by atoms with van der Waals surface area (Å²) >= 11 is 0. The topological polar surface area (TPSA) is 125 Å². The van der Waals surface area contributed by atoms with Crippen molar-refractivity contribution in [2.75, 3.05) is 0 Å². The van der Waals surface area contributed by atoms with Crippen molar-refractivity contribution in [2.24, 2.45) is 0 Å². The molecule has 0 aliphatic carbocycles. The van der Waals surface area contributed by atoms with Crippen molar-refractivity contribution in [2.45, 2.75) is 59.8 Å². The molecule has 0 aliphatic rings. The summed E-state index contributed by atoms with van der Waals surface area (Å²) in [6.07, 6.45) is 1.53. The molecule has 1 N–H and O–H groups in total. The first-order valence-electron chi connectivity index (χ1n) is 13.0. The number of benzene rings is 3. The highest BCUT2D eigenvalue weighted by atomic mass is 31.2. The summed E-state index contributed by atoms with van der Waals surface area (Å²) in [6, 6.07) is 16.2. The summed E-state index contributed by atoms with van der Waals surface area (Å²) in [6.45, 7) is 7.01. The maximum Gasteiger partial charge on any atom is 0.584 e. The van der Waals surface area contributed by atoms with Gasteiger partial charge < -0.3 is 18.5 Å². The number of rotatable bonds is 13. The highest BCUT2D eigenvalue weighted by molar-refractivity contribution is 7.48. The van der Waals surface area contributed by atoms with Gasteiger partial charge in [0.15, 0.2) is 5.78 Å². The van der Waals surface area contributed by atoms with Gasteiger partial charge in [-0.2, -0.15) is 0 Å². The summed E-state index contributed by atoms with van der Waals surface area (Å²) < 4.78 is 33.4. The average molecular weight is 569 g/mol. The Bertz CT molecular complexity index is 1390. The van der Waals surface area contributed by atoms with Gasteiger partial charge in [0.1, 0.15) is 23.0 Å². The number of phosphoric acid groups is 1. The third kappa shape index (κ3) is 9.36. The van der Waals surface area contributed by atoms with Crippen LogP contribution in [0.1, 0.15) is 66.6 Å². The van der Waals surface area contributed by atoms with E-state index in [1.54, 1.807) is 50.2 Å². The van der Waals surface area contributed by atoms with E-state index in [-0.39, 0.29) is 53.6 Å². The normalized spacial score (nSPS) is 12.2. The van der Waals surface area contributed by atoms with Gasteiger partial charge in [-0.15, -0.1) is 0 Å². The first-order chi connectivity index (χ1) is 19.0. The molecular formula is C30H33O9P. The lowest BCUT2D eigenvalue weighted by molar-refractivity contribution is -0.134. The number of ether oxygens (including phenoxy) is 2. The molecule has 0 bridgehead atoms. The van der Waals surface area contributed by atoms with Crippen molar-refractivity contribution in [1.82, 2.24) is 0 Å². The van der Waals surface area contributed by atoms with Crippen molar-refractivity contribution in [3.05, 3.63) is 82.9 Å². The van der Waals surface area contributed by atoms with E-state index in [2.05, 4.69) is 0 Å². The first kappa shape index (κ1) is 30.6. The van der Waals surface area contributed by atoms with Crippen LogP contribution in [0.2, 0.25) is 0 Å². The maximum atomic E-state index is 12.9. The van der Waals surface area contributed by atoms with Crippen LogP contribution in [0.5, 0.6) is 23.0 Å². The van der Waals surface area contributed by atoms with E-state index in [0.29, 0.717) is 12.8 Å². The zero-order chi connectivity index (χ0) is 29.3. The van der Waals surface area contributed by atoms with Gasteiger partial charge in [-0.1, -0.05) is 32.0 Å². The molecule has 40 heavy (non-hydrogen) atoms. The van der Waals surface area contributed by atoms with Gasteiger partial charge in [0.25, 0.3) is 0 Å². The van der Waals surface area contributed by atoms with Gasteiger partial charge in [-0.3, -0.25) is 19.3 Å². The van der Waals surface area contributed by atoms with E-state index in [9.17, 15) is 23.8 Å². The van der Waals surface area contributed by atoms with Crippen LogP contribution in [0, 0.1) is 13.8 Å². The Morgan fingerprint density at radius 3 is 1.95 bits per heavy atom. The number of hydrogen-bond donors (Lipinski definition) is 1. The minimum absolute atomic E-state index is 0.0521. The molecule has 0 spiro atoms. The van der Waals surface area contributed by atoms with Gasteiger partial charge >= 0.3 is 19.8 Å². The fourth-order valence-electron chi connectivity index (χ4n) is 3.85.